The first-order valence-electron chi connectivity index (χ1n) is 9.83. The third-order valence-electron chi connectivity index (χ3n) is 5.48. The van der Waals surface area contributed by atoms with Crippen LogP contribution < -0.4 is 5.32 Å². The molecule has 0 spiro atoms. The zero-order chi connectivity index (χ0) is 21.0. The van der Waals surface area contributed by atoms with Crippen molar-refractivity contribution in [2.45, 2.75) is 45.2 Å². The summed E-state index contributed by atoms with van der Waals surface area (Å²) in [4.78, 5) is 28.1. The van der Waals surface area contributed by atoms with E-state index in [4.69, 9.17) is 0 Å². The van der Waals surface area contributed by atoms with Crippen LogP contribution in [0.25, 0.3) is 10.9 Å². The molecule has 2 N–H and O–H groups in total. The molecule has 1 aliphatic rings. The molecule has 1 amide bonds. The minimum Gasteiger partial charge on any atom is -0.456 e. The predicted octanol–water partition coefficient (Wildman–Crippen LogP) is 4.05. The number of alkyl halides is 3. The summed E-state index contributed by atoms with van der Waals surface area (Å²) in [5.74, 6) is -2.69. The summed E-state index contributed by atoms with van der Waals surface area (Å²) < 4.78 is 41.4. The van der Waals surface area contributed by atoms with Crippen LogP contribution in [0.4, 0.5) is 13.2 Å². The second-order valence-electron chi connectivity index (χ2n) is 7.54. The number of esters is 1. The summed E-state index contributed by atoms with van der Waals surface area (Å²) >= 11 is 0. The number of benzene rings is 1. The standard InChI is InChI=1S/C21H25F3N2O3/c1-13-14(15-6-4-5-9-18(15)26-13)10-11-25-19(27)16-7-2-3-8-17(16)20(28)29-12-21(22,23)24/h4-6,9,16-17,26H,2-3,7-8,10-12H2,1H3,(H,25,27)/t16-,17-/m0/s1. The Bertz CT molecular complexity index is 876. The van der Waals surface area contributed by atoms with Crippen LogP contribution in [-0.2, 0) is 20.7 Å². The van der Waals surface area contributed by atoms with Gasteiger partial charge in [-0.1, -0.05) is 31.0 Å². The van der Waals surface area contributed by atoms with E-state index in [1.807, 2.05) is 31.2 Å². The predicted molar refractivity (Wildman–Crippen MR) is 102 cm³/mol. The molecule has 1 saturated carbocycles. The minimum atomic E-state index is -4.57. The highest BCUT2D eigenvalue weighted by Crippen LogP contribution is 2.32. The van der Waals surface area contributed by atoms with Gasteiger partial charge >= 0.3 is 12.1 Å². The van der Waals surface area contributed by atoms with E-state index < -0.39 is 30.6 Å². The van der Waals surface area contributed by atoms with E-state index in [0.29, 0.717) is 32.2 Å². The molecule has 1 heterocycles. The maximum Gasteiger partial charge on any atom is 0.422 e. The fourth-order valence-corrected chi connectivity index (χ4v) is 4.09. The number of halogens is 3. The Balaban J connectivity index is 1.58. The van der Waals surface area contributed by atoms with Gasteiger partial charge in [-0.15, -0.1) is 0 Å². The number of fused-ring (bicyclic) bond motifs is 1. The quantitative estimate of drug-likeness (QED) is 0.706. The van der Waals surface area contributed by atoms with Gasteiger partial charge in [0.25, 0.3) is 0 Å². The number of carbonyl (C=O) groups is 2. The van der Waals surface area contributed by atoms with E-state index in [2.05, 4.69) is 15.0 Å². The topological polar surface area (TPSA) is 71.2 Å². The van der Waals surface area contributed by atoms with Gasteiger partial charge in [0.15, 0.2) is 6.61 Å². The fourth-order valence-electron chi connectivity index (χ4n) is 4.09. The van der Waals surface area contributed by atoms with E-state index in [1.54, 1.807) is 0 Å². The van der Waals surface area contributed by atoms with Crippen LogP contribution in [0.5, 0.6) is 0 Å². The summed E-state index contributed by atoms with van der Waals surface area (Å²) in [5.41, 5.74) is 3.18. The average Bonchev–Trinajstić information content (AvgIpc) is 3.01. The van der Waals surface area contributed by atoms with Gasteiger partial charge in [0.1, 0.15) is 0 Å². The third kappa shape index (κ3) is 5.31. The molecular formula is C21H25F3N2O3. The summed E-state index contributed by atoms with van der Waals surface area (Å²) in [6.07, 6.45) is -1.64. The maximum atomic E-state index is 12.6. The fraction of sp³-hybridized carbons (Fsp3) is 0.524. The molecule has 2 atom stereocenters. The molecule has 0 unspecified atom stereocenters. The lowest BCUT2D eigenvalue weighted by Gasteiger charge is -2.29. The van der Waals surface area contributed by atoms with Gasteiger partial charge in [0, 0.05) is 23.1 Å². The molecule has 2 aromatic rings. The number of aromatic amines is 1. The second kappa shape index (κ2) is 8.88. The molecule has 5 nitrogen and oxygen atoms in total. The van der Waals surface area contributed by atoms with Crippen LogP contribution in [-0.4, -0.2) is 36.2 Å². The van der Waals surface area contributed by atoms with Gasteiger partial charge in [-0.25, -0.2) is 0 Å². The molecule has 0 saturated heterocycles. The van der Waals surface area contributed by atoms with Crippen molar-refractivity contribution in [2.24, 2.45) is 11.8 Å². The van der Waals surface area contributed by atoms with Gasteiger partial charge in [0.2, 0.25) is 5.91 Å². The number of aromatic nitrogens is 1. The van der Waals surface area contributed by atoms with Gasteiger partial charge < -0.3 is 15.0 Å². The molecule has 8 heteroatoms. The van der Waals surface area contributed by atoms with E-state index in [-0.39, 0.29) is 5.91 Å². The largest absolute Gasteiger partial charge is 0.456 e. The van der Waals surface area contributed by atoms with E-state index in [9.17, 15) is 22.8 Å². The zero-order valence-corrected chi connectivity index (χ0v) is 16.3. The number of nitrogens with one attached hydrogen (secondary N) is 2. The number of hydrogen-bond donors (Lipinski definition) is 2. The summed E-state index contributed by atoms with van der Waals surface area (Å²) in [7, 11) is 0. The van der Waals surface area contributed by atoms with Crippen molar-refractivity contribution >= 4 is 22.8 Å². The van der Waals surface area contributed by atoms with Crippen molar-refractivity contribution in [2.75, 3.05) is 13.2 Å². The Kier molecular flexibility index (Phi) is 6.49. The first-order chi connectivity index (χ1) is 13.8. The third-order valence-corrected chi connectivity index (χ3v) is 5.48. The maximum absolute atomic E-state index is 12.6. The second-order valence-corrected chi connectivity index (χ2v) is 7.54. The molecule has 1 aromatic heterocycles. The van der Waals surface area contributed by atoms with Crippen molar-refractivity contribution in [3.63, 3.8) is 0 Å². The number of ether oxygens (including phenoxy) is 1. The highest BCUT2D eigenvalue weighted by molar-refractivity contribution is 5.86. The molecule has 1 aliphatic carbocycles. The Labute approximate surface area is 167 Å². The zero-order valence-electron chi connectivity index (χ0n) is 16.3. The van der Waals surface area contributed by atoms with Crippen molar-refractivity contribution in [1.82, 2.24) is 10.3 Å². The number of para-hydroxylation sites is 1. The number of H-pyrrole nitrogens is 1. The molecule has 158 valence electrons. The monoisotopic (exact) mass is 410 g/mol. The average molecular weight is 410 g/mol. The van der Waals surface area contributed by atoms with Crippen molar-refractivity contribution in [1.29, 1.82) is 0 Å². The highest BCUT2D eigenvalue weighted by Gasteiger charge is 2.38. The van der Waals surface area contributed by atoms with Crippen molar-refractivity contribution < 1.29 is 27.5 Å². The van der Waals surface area contributed by atoms with Crippen LogP contribution in [0.2, 0.25) is 0 Å². The van der Waals surface area contributed by atoms with Crippen LogP contribution in [0.1, 0.15) is 36.9 Å². The van der Waals surface area contributed by atoms with Crippen LogP contribution in [0.3, 0.4) is 0 Å². The molecule has 0 aliphatic heterocycles. The number of aryl methyl sites for hydroxylation is 1. The molecule has 3 rings (SSSR count). The van der Waals surface area contributed by atoms with Crippen molar-refractivity contribution in [3.8, 4) is 0 Å². The Morgan fingerprint density at radius 1 is 1.17 bits per heavy atom. The van der Waals surface area contributed by atoms with Gasteiger partial charge in [-0.3, -0.25) is 9.59 Å². The van der Waals surface area contributed by atoms with Crippen molar-refractivity contribution in [3.05, 3.63) is 35.5 Å². The van der Waals surface area contributed by atoms with Crippen LogP contribution in [0.15, 0.2) is 24.3 Å². The lowest BCUT2D eigenvalue weighted by molar-refractivity contribution is -0.191. The normalized spacial score (nSPS) is 19.9. The summed E-state index contributed by atoms with van der Waals surface area (Å²) in [6, 6.07) is 7.91. The molecule has 0 radical (unpaired) electrons. The molecule has 1 fully saturated rings. The smallest absolute Gasteiger partial charge is 0.422 e. The Hall–Kier alpha value is -2.51. The van der Waals surface area contributed by atoms with Gasteiger partial charge in [0.05, 0.1) is 11.8 Å². The minimum absolute atomic E-state index is 0.295. The van der Waals surface area contributed by atoms with E-state index >= 15 is 0 Å². The first-order valence-corrected chi connectivity index (χ1v) is 9.83. The van der Waals surface area contributed by atoms with Gasteiger partial charge in [-0.05, 0) is 37.8 Å². The van der Waals surface area contributed by atoms with E-state index in [0.717, 1.165) is 28.6 Å². The molecule has 29 heavy (non-hydrogen) atoms. The summed E-state index contributed by atoms with van der Waals surface area (Å²) in [5, 5.41) is 3.96. The lowest BCUT2D eigenvalue weighted by Crippen LogP contribution is -2.41. The first kappa shape index (κ1) is 21.2. The molecule has 1 aromatic carbocycles. The molecule has 0 bridgehead atoms. The van der Waals surface area contributed by atoms with Gasteiger partial charge in [-0.2, -0.15) is 13.2 Å². The number of carbonyl (C=O) groups excluding carboxylic acids is 2. The summed E-state index contributed by atoms with van der Waals surface area (Å²) in [6.45, 7) is 0.754. The number of rotatable bonds is 6. The SMILES string of the molecule is Cc1[nH]c2ccccc2c1CCNC(=O)[C@H]1CCCC[C@@H]1C(=O)OCC(F)(F)F. The number of amides is 1. The lowest BCUT2D eigenvalue weighted by atomic mass is 9.78. The Morgan fingerprint density at radius 2 is 1.86 bits per heavy atom. The number of hydrogen-bond acceptors (Lipinski definition) is 3. The highest BCUT2D eigenvalue weighted by atomic mass is 19.4. The van der Waals surface area contributed by atoms with E-state index in [1.165, 1.54) is 0 Å². The Morgan fingerprint density at radius 3 is 2.59 bits per heavy atom. The molecular weight excluding hydrogens is 385 g/mol. The van der Waals surface area contributed by atoms with Crippen LogP contribution in [0, 0.1) is 18.8 Å². The van der Waals surface area contributed by atoms with Crippen LogP contribution >= 0.6 is 0 Å².